The van der Waals surface area contributed by atoms with Crippen molar-refractivity contribution in [2.24, 2.45) is 11.0 Å². The minimum absolute atomic E-state index is 0.0478. The number of carbonyl (C=O) groups is 1. The van der Waals surface area contributed by atoms with Crippen molar-refractivity contribution in [1.82, 2.24) is 5.43 Å². The van der Waals surface area contributed by atoms with E-state index in [0.717, 1.165) is 33.9 Å². The van der Waals surface area contributed by atoms with Crippen LogP contribution in [-0.2, 0) is 4.79 Å². The lowest BCUT2D eigenvalue weighted by molar-refractivity contribution is -0.123. The summed E-state index contributed by atoms with van der Waals surface area (Å²) < 4.78 is 7.23. The van der Waals surface area contributed by atoms with Crippen LogP contribution in [-0.4, -0.2) is 18.2 Å². The van der Waals surface area contributed by atoms with Gasteiger partial charge in [-0.05, 0) is 65.7 Å². The summed E-state index contributed by atoms with van der Waals surface area (Å²) in [6, 6.07) is 5.54. The van der Waals surface area contributed by atoms with E-state index in [4.69, 9.17) is 4.74 Å². The first kappa shape index (κ1) is 16.5. The van der Waals surface area contributed by atoms with Crippen molar-refractivity contribution in [2.45, 2.75) is 32.6 Å². The van der Waals surface area contributed by atoms with E-state index < -0.39 is 0 Å². The first-order valence-corrected chi connectivity index (χ1v) is 8.62. The van der Waals surface area contributed by atoms with Crippen molar-refractivity contribution in [1.29, 1.82) is 0 Å². The lowest BCUT2D eigenvalue weighted by Crippen LogP contribution is -2.26. The van der Waals surface area contributed by atoms with Gasteiger partial charge in [-0.15, -0.1) is 0 Å². The number of amides is 1. The minimum Gasteiger partial charge on any atom is -0.483 e. The Hall–Kier alpha value is -0.880. The second-order valence-electron chi connectivity index (χ2n) is 5.00. The Morgan fingerprint density at radius 2 is 2.29 bits per heavy atom. The zero-order chi connectivity index (χ0) is 15.2. The summed E-state index contributed by atoms with van der Waals surface area (Å²) in [6.45, 7) is 2.11. The van der Waals surface area contributed by atoms with Crippen LogP contribution in [0.25, 0.3) is 0 Å². The van der Waals surface area contributed by atoms with E-state index in [9.17, 15) is 4.79 Å². The molecule has 1 N–H and O–H groups in total. The SMILES string of the molecule is CCC1CCCC1=NNC(=O)COc1ccc(Br)cc1Br. The van der Waals surface area contributed by atoms with Gasteiger partial charge in [-0.25, -0.2) is 5.43 Å². The molecule has 0 heterocycles. The highest BCUT2D eigenvalue weighted by molar-refractivity contribution is 9.11. The Labute approximate surface area is 141 Å². The van der Waals surface area contributed by atoms with Crippen molar-refractivity contribution in [3.63, 3.8) is 0 Å². The molecule has 0 radical (unpaired) electrons. The standard InChI is InChI=1S/C15H18Br2N2O2/c1-2-10-4-3-5-13(10)18-19-15(20)9-21-14-7-6-11(16)8-12(14)17/h6-8,10H,2-5,9H2,1H3,(H,19,20). The molecule has 0 spiro atoms. The molecule has 1 amide bonds. The summed E-state index contributed by atoms with van der Waals surface area (Å²) in [5.41, 5.74) is 3.70. The van der Waals surface area contributed by atoms with E-state index in [2.05, 4.69) is 49.3 Å². The molecule has 1 fully saturated rings. The molecule has 0 bridgehead atoms. The summed E-state index contributed by atoms with van der Waals surface area (Å²) in [7, 11) is 0. The monoisotopic (exact) mass is 416 g/mol. The van der Waals surface area contributed by atoms with E-state index in [1.807, 2.05) is 12.1 Å². The number of benzene rings is 1. The van der Waals surface area contributed by atoms with Crippen LogP contribution in [0.4, 0.5) is 0 Å². The number of hydrogen-bond acceptors (Lipinski definition) is 3. The van der Waals surface area contributed by atoms with Gasteiger partial charge in [-0.3, -0.25) is 4.79 Å². The third-order valence-electron chi connectivity index (χ3n) is 3.53. The van der Waals surface area contributed by atoms with Gasteiger partial charge in [0.1, 0.15) is 5.75 Å². The Bertz CT molecular complexity index is 546. The Morgan fingerprint density at radius 3 is 3.00 bits per heavy atom. The van der Waals surface area contributed by atoms with Gasteiger partial charge in [-0.2, -0.15) is 5.10 Å². The fraction of sp³-hybridized carbons (Fsp3) is 0.467. The Kier molecular flexibility index (Phi) is 6.23. The third kappa shape index (κ3) is 4.81. The van der Waals surface area contributed by atoms with Gasteiger partial charge < -0.3 is 4.74 Å². The fourth-order valence-electron chi connectivity index (χ4n) is 2.39. The highest BCUT2D eigenvalue weighted by Crippen LogP contribution is 2.28. The summed E-state index contributed by atoms with van der Waals surface area (Å²) in [4.78, 5) is 11.8. The van der Waals surface area contributed by atoms with Crippen LogP contribution >= 0.6 is 31.9 Å². The second kappa shape index (κ2) is 7.94. The van der Waals surface area contributed by atoms with Crippen molar-refractivity contribution < 1.29 is 9.53 Å². The molecule has 6 heteroatoms. The Morgan fingerprint density at radius 1 is 1.48 bits per heavy atom. The van der Waals surface area contributed by atoms with Gasteiger partial charge >= 0.3 is 0 Å². The molecule has 1 unspecified atom stereocenters. The maximum Gasteiger partial charge on any atom is 0.277 e. The van der Waals surface area contributed by atoms with E-state index in [1.165, 1.54) is 6.42 Å². The van der Waals surface area contributed by atoms with Crippen LogP contribution < -0.4 is 10.2 Å². The predicted molar refractivity (Wildman–Crippen MR) is 90.5 cm³/mol. The number of ether oxygens (including phenoxy) is 1. The van der Waals surface area contributed by atoms with Crippen LogP contribution in [0.3, 0.4) is 0 Å². The summed E-state index contributed by atoms with van der Waals surface area (Å²) in [6.07, 6.45) is 4.40. The number of nitrogens with one attached hydrogen (secondary N) is 1. The van der Waals surface area contributed by atoms with E-state index in [1.54, 1.807) is 6.07 Å². The largest absolute Gasteiger partial charge is 0.483 e. The van der Waals surface area contributed by atoms with Gasteiger partial charge in [0.05, 0.1) is 4.47 Å². The molecular formula is C15H18Br2N2O2. The van der Waals surface area contributed by atoms with Crippen LogP contribution in [0, 0.1) is 5.92 Å². The smallest absolute Gasteiger partial charge is 0.277 e. The average molecular weight is 418 g/mol. The van der Waals surface area contributed by atoms with Crippen LogP contribution in [0.5, 0.6) is 5.75 Å². The van der Waals surface area contributed by atoms with Gasteiger partial charge in [0.25, 0.3) is 5.91 Å². The first-order valence-electron chi connectivity index (χ1n) is 7.03. The number of hydrogen-bond donors (Lipinski definition) is 1. The van der Waals surface area contributed by atoms with E-state index in [0.29, 0.717) is 11.7 Å². The number of hydrazone groups is 1. The van der Waals surface area contributed by atoms with Gasteiger partial charge in [-0.1, -0.05) is 22.9 Å². The molecule has 0 aromatic heterocycles. The molecule has 1 saturated carbocycles. The molecule has 0 saturated heterocycles. The number of carbonyl (C=O) groups excluding carboxylic acids is 1. The molecular weight excluding hydrogens is 400 g/mol. The van der Waals surface area contributed by atoms with E-state index in [-0.39, 0.29) is 12.5 Å². The minimum atomic E-state index is -0.237. The molecule has 2 rings (SSSR count). The summed E-state index contributed by atoms with van der Waals surface area (Å²) >= 11 is 6.76. The van der Waals surface area contributed by atoms with Crippen LogP contribution in [0.15, 0.2) is 32.2 Å². The average Bonchev–Trinajstić information content (AvgIpc) is 2.91. The van der Waals surface area contributed by atoms with Gasteiger partial charge in [0.2, 0.25) is 0 Å². The maximum absolute atomic E-state index is 11.8. The van der Waals surface area contributed by atoms with E-state index >= 15 is 0 Å². The maximum atomic E-state index is 11.8. The topological polar surface area (TPSA) is 50.7 Å². The number of halogens is 2. The molecule has 0 aliphatic heterocycles. The van der Waals surface area contributed by atoms with Crippen molar-refractivity contribution in [3.05, 3.63) is 27.1 Å². The molecule has 114 valence electrons. The Balaban J connectivity index is 1.83. The zero-order valence-corrected chi connectivity index (χ0v) is 15.0. The lowest BCUT2D eigenvalue weighted by Gasteiger charge is -2.09. The highest BCUT2D eigenvalue weighted by atomic mass is 79.9. The number of nitrogens with zero attached hydrogens (tertiary/aromatic N) is 1. The van der Waals surface area contributed by atoms with Crippen molar-refractivity contribution in [3.8, 4) is 5.75 Å². The van der Waals surface area contributed by atoms with Crippen LogP contribution in [0.2, 0.25) is 0 Å². The third-order valence-corrected chi connectivity index (χ3v) is 4.64. The van der Waals surface area contributed by atoms with Crippen molar-refractivity contribution in [2.75, 3.05) is 6.61 Å². The summed E-state index contributed by atoms with van der Waals surface area (Å²) in [5, 5.41) is 4.24. The molecule has 1 aliphatic carbocycles. The fourth-order valence-corrected chi connectivity index (χ4v) is 3.55. The lowest BCUT2D eigenvalue weighted by atomic mass is 10.0. The van der Waals surface area contributed by atoms with Crippen LogP contribution in [0.1, 0.15) is 32.6 Å². The highest BCUT2D eigenvalue weighted by Gasteiger charge is 2.20. The molecule has 4 nitrogen and oxygen atoms in total. The molecule has 1 aromatic carbocycles. The second-order valence-corrected chi connectivity index (χ2v) is 6.77. The van der Waals surface area contributed by atoms with Crippen molar-refractivity contribution >= 4 is 43.5 Å². The number of rotatable bonds is 5. The zero-order valence-electron chi connectivity index (χ0n) is 11.9. The molecule has 1 aliphatic rings. The summed E-state index contributed by atoms with van der Waals surface area (Å²) in [5.74, 6) is 0.916. The van der Waals surface area contributed by atoms with Gasteiger partial charge in [0.15, 0.2) is 6.61 Å². The molecule has 21 heavy (non-hydrogen) atoms. The molecule has 1 atom stereocenters. The quantitative estimate of drug-likeness (QED) is 0.727. The van der Waals surface area contributed by atoms with Gasteiger partial charge in [0, 0.05) is 10.2 Å². The first-order chi connectivity index (χ1) is 10.1. The normalized spacial score (nSPS) is 19.8. The molecule has 1 aromatic rings. The predicted octanol–water partition coefficient (Wildman–Crippen LogP) is 4.27.